The lowest BCUT2D eigenvalue weighted by Crippen LogP contribution is -2.29. The van der Waals surface area contributed by atoms with Gasteiger partial charge in [-0.05, 0) is 93.6 Å². The van der Waals surface area contributed by atoms with Crippen LogP contribution in [0, 0.1) is 11.8 Å². The highest BCUT2D eigenvalue weighted by Crippen LogP contribution is 2.30. The highest BCUT2D eigenvalue weighted by molar-refractivity contribution is 9.10. The van der Waals surface area contributed by atoms with Gasteiger partial charge in [-0.25, -0.2) is 0 Å². The van der Waals surface area contributed by atoms with E-state index in [1.807, 2.05) is 6.07 Å². The Labute approximate surface area is 155 Å². The Bertz CT molecular complexity index is 528. The molecule has 24 heavy (non-hydrogen) atoms. The van der Waals surface area contributed by atoms with Crippen molar-refractivity contribution < 1.29 is 4.74 Å². The Balaban J connectivity index is 1.44. The van der Waals surface area contributed by atoms with Crippen molar-refractivity contribution in [2.75, 3.05) is 26.7 Å². The van der Waals surface area contributed by atoms with Gasteiger partial charge in [-0.3, -0.25) is 0 Å². The minimum atomic E-state index is 0.471. The first kappa shape index (κ1) is 18.2. The molecule has 1 aliphatic heterocycles. The lowest BCUT2D eigenvalue weighted by atomic mass is 9.84. The molecule has 1 aromatic rings. The number of halogens is 1. The molecule has 1 atom stereocenters. The fourth-order valence-electron chi connectivity index (χ4n) is 4.27. The zero-order valence-corrected chi connectivity index (χ0v) is 16.4. The van der Waals surface area contributed by atoms with Crippen molar-refractivity contribution in [2.45, 2.75) is 51.0 Å². The van der Waals surface area contributed by atoms with E-state index in [-0.39, 0.29) is 0 Å². The van der Waals surface area contributed by atoms with Gasteiger partial charge in [-0.1, -0.05) is 15.9 Å². The molecule has 0 radical (unpaired) electrons. The first-order valence-corrected chi connectivity index (χ1v) is 10.2. The summed E-state index contributed by atoms with van der Waals surface area (Å²) in [5, 5.41) is 0. The van der Waals surface area contributed by atoms with Gasteiger partial charge in [0, 0.05) is 17.1 Å². The SMILES string of the molecule is COc1ccc(Br)c(CC2CCN(CC[C@H]3CC[C@H](N)CC3)C2)c1. The van der Waals surface area contributed by atoms with E-state index < -0.39 is 0 Å². The van der Waals surface area contributed by atoms with Crippen molar-refractivity contribution in [3.05, 3.63) is 28.2 Å². The van der Waals surface area contributed by atoms with Crippen LogP contribution >= 0.6 is 15.9 Å². The van der Waals surface area contributed by atoms with E-state index >= 15 is 0 Å². The highest BCUT2D eigenvalue weighted by Gasteiger charge is 2.25. The molecule has 1 unspecified atom stereocenters. The average molecular weight is 395 g/mol. The summed E-state index contributed by atoms with van der Waals surface area (Å²) in [5.74, 6) is 2.64. The van der Waals surface area contributed by atoms with E-state index in [1.165, 1.54) is 68.2 Å². The summed E-state index contributed by atoms with van der Waals surface area (Å²) < 4.78 is 6.58. The molecule has 1 saturated carbocycles. The second-order valence-corrected chi connectivity index (χ2v) is 8.54. The summed E-state index contributed by atoms with van der Waals surface area (Å²) in [6.45, 7) is 3.78. The number of likely N-dealkylation sites (tertiary alicyclic amines) is 1. The van der Waals surface area contributed by atoms with Gasteiger partial charge in [0.15, 0.2) is 0 Å². The summed E-state index contributed by atoms with van der Waals surface area (Å²) in [5.41, 5.74) is 7.39. The summed E-state index contributed by atoms with van der Waals surface area (Å²) in [6, 6.07) is 6.77. The van der Waals surface area contributed by atoms with Crippen LogP contribution in [0.1, 0.15) is 44.1 Å². The Hall–Kier alpha value is -0.580. The van der Waals surface area contributed by atoms with Crippen molar-refractivity contribution in [3.8, 4) is 5.75 Å². The molecule has 2 fully saturated rings. The van der Waals surface area contributed by atoms with E-state index in [1.54, 1.807) is 7.11 Å². The molecule has 0 bridgehead atoms. The maximum atomic E-state index is 6.02. The number of ether oxygens (including phenoxy) is 1. The lowest BCUT2D eigenvalue weighted by molar-refractivity contribution is 0.250. The molecule has 0 spiro atoms. The van der Waals surface area contributed by atoms with Gasteiger partial charge in [-0.2, -0.15) is 0 Å². The smallest absolute Gasteiger partial charge is 0.119 e. The molecule has 1 aromatic carbocycles. The van der Waals surface area contributed by atoms with Crippen LogP contribution in [0.5, 0.6) is 5.75 Å². The summed E-state index contributed by atoms with van der Waals surface area (Å²) >= 11 is 3.69. The number of nitrogens with zero attached hydrogens (tertiary/aromatic N) is 1. The Morgan fingerprint density at radius 2 is 1.96 bits per heavy atom. The summed E-state index contributed by atoms with van der Waals surface area (Å²) in [4.78, 5) is 2.67. The Kier molecular flexibility index (Phi) is 6.59. The van der Waals surface area contributed by atoms with Crippen LogP contribution in [-0.2, 0) is 6.42 Å². The lowest BCUT2D eigenvalue weighted by Gasteiger charge is -2.27. The quantitative estimate of drug-likeness (QED) is 0.784. The first-order valence-electron chi connectivity index (χ1n) is 9.44. The number of hydrogen-bond donors (Lipinski definition) is 1. The third-order valence-corrected chi connectivity index (χ3v) is 6.65. The van der Waals surface area contributed by atoms with Crippen LogP contribution in [0.2, 0.25) is 0 Å². The first-order chi connectivity index (χ1) is 11.6. The fraction of sp³-hybridized carbons (Fsp3) is 0.700. The third kappa shape index (κ3) is 4.96. The van der Waals surface area contributed by atoms with Crippen molar-refractivity contribution in [3.63, 3.8) is 0 Å². The van der Waals surface area contributed by atoms with E-state index in [9.17, 15) is 0 Å². The van der Waals surface area contributed by atoms with Crippen molar-refractivity contribution >= 4 is 15.9 Å². The Morgan fingerprint density at radius 3 is 2.71 bits per heavy atom. The normalized spacial score (nSPS) is 28.2. The van der Waals surface area contributed by atoms with E-state index in [0.29, 0.717) is 6.04 Å². The minimum absolute atomic E-state index is 0.471. The van der Waals surface area contributed by atoms with Crippen molar-refractivity contribution in [1.29, 1.82) is 0 Å². The second-order valence-electron chi connectivity index (χ2n) is 7.69. The van der Waals surface area contributed by atoms with Gasteiger partial charge in [0.25, 0.3) is 0 Å². The molecular formula is C20H31BrN2O. The average Bonchev–Trinajstić information content (AvgIpc) is 3.04. The number of benzene rings is 1. The number of rotatable bonds is 6. The molecule has 3 nitrogen and oxygen atoms in total. The predicted molar refractivity (Wildman–Crippen MR) is 103 cm³/mol. The molecule has 1 heterocycles. The molecule has 2 N–H and O–H groups in total. The standard InChI is InChI=1S/C20H31BrN2O/c1-24-19-6-7-20(21)17(13-19)12-16-9-11-23(14-16)10-8-15-2-4-18(22)5-3-15/h6-7,13,15-16,18H,2-5,8-12,14,22H2,1H3/t15-,16?,18-. The largest absolute Gasteiger partial charge is 0.497 e. The molecule has 0 amide bonds. The van der Waals surface area contributed by atoms with E-state index in [2.05, 4.69) is 33.0 Å². The molecule has 1 saturated heterocycles. The van der Waals surface area contributed by atoms with Crippen LogP contribution in [-0.4, -0.2) is 37.7 Å². The fourth-order valence-corrected chi connectivity index (χ4v) is 4.68. The van der Waals surface area contributed by atoms with Gasteiger partial charge in [-0.15, -0.1) is 0 Å². The number of methoxy groups -OCH3 is 1. The van der Waals surface area contributed by atoms with E-state index in [0.717, 1.165) is 24.0 Å². The van der Waals surface area contributed by atoms with Gasteiger partial charge in [0.2, 0.25) is 0 Å². The van der Waals surface area contributed by atoms with Crippen molar-refractivity contribution in [2.24, 2.45) is 17.6 Å². The van der Waals surface area contributed by atoms with E-state index in [4.69, 9.17) is 10.5 Å². The van der Waals surface area contributed by atoms with Gasteiger partial charge in [0.1, 0.15) is 5.75 Å². The molecule has 0 aromatic heterocycles. The maximum Gasteiger partial charge on any atom is 0.119 e. The van der Waals surface area contributed by atoms with Crippen LogP contribution in [0.15, 0.2) is 22.7 Å². The molecular weight excluding hydrogens is 364 g/mol. The molecule has 2 aliphatic rings. The van der Waals surface area contributed by atoms with Crippen LogP contribution in [0.3, 0.4) is 0 Å². The van der Waals surface area contributed by atoms with Crippen molar-refractivity contribution in [1.82, 2.24) is 4.90 Å². The monoisotopic (exact) mass is 394 g/mol. The predicted octanol–water partition coefficient (Wildman–Crippen LogP) is 4.23. The number of nitrogens with two attached hydrogens (primary N) is 1. The van der Waals surface area contributed by atoms with Crippen LogP contribution in [0.25, 0.3) is 0 Å². The topological polar surface area (TPSA) is 38.5 Å². The summed E-state index contributed by atoms with van der Waals surface area (Å²) in [7, 11) is 1.74. The zero-order valence-electron chi connectivity index (χ0n) is 14.8. The third-order valence-electron chi connectivity index (χ3n) is 5.88. The van der Waals surface area contributed by atoms with Crippen LogP contribution in [0.4, 0.5) is 0 Å². The second kappa shape index (κ2) is 8.68. The number of hydrogen-bond acceptors (Lipinski definition) is 3. The zero-order chi connectivity index (χ0) is 16.9. The molecule has 4 heteroatoms. The van der Waals surface area contributed by atoms with Gasteiger partial charge >= 0.3 is 0 Å². The molecule has 1 aliphatic carbocycles. The van der Waals surface area contributed by atoms with Gasteiger partial charge < -0.3 is 15.4 Å². The van der Waals surface area contributed by atoms with Crippen LogP contribution < -0.4 is 10.5 Å². The highest BCUT2D eigenvalue weighted by atomic mass is 79.9. The summed E-state index contributed by atoms with van der Waals surface area (Å²) in [6.07, 6.45) is 8.98. The van der Waals surface area contributed by atoms with Gasteiger partial charge in [0.05, 0.1) is 7.11 Å². The minimum Gasteiger partial charge on any atom is -0.497 e. The molecule has 134 valence electrons. The maximum absolute atomic E-state index is 6.02. The molecule has 3 rings (SSSR count). The Morgan fingerprint density at radius 1 is 1.17 bits per heavy atom.